The summed E-state index contributed by atoms with van der Waals surface area (Å²) >= 11 is 1.72. The van der Waals surface area contributed by atoms with Gasteiger partial charge in [-0.3, -0.25) is 4.99 Å². The molecule has 0 fully saturated rings. The lowest BCUT2D eigenvalue weighted by molar-refractivity contribution is 0.0599. The number of carbonyl (C=O) groups is 1. The number of ether oxygens (including phenoxy) is 1. The Labute approximate surface area is 151 Å². The van der Waals surface area contributed by atoms with Gasteiger partial charge in [-0.1, -0.05) is 0 Å². The SMILES string of the molecule is CN=C(NCCc1nc(C)c(C)s1)NCc1cc(C(=O)OC)c(C)o1. The number of esters is 1. The van der Waals surface area contributed by atoms with Gasteiger partial charge < -0.3 is 19.8 Å². The summed E-state index contributed by atoms with van der Waals surface area (Å²) in [5.74, 6) is 1.45. The van der Waals surface area contributed by atoms with Crippen LogP contribution in [0, 0.1) is 20.8 Å². The molecule has 2 aromatic rings. The van der Waals surface area contributed by atoms with E-state index in [-0.39, 0.29) is 0 Å². The lowest BCUT2D eigenvalue weighted by atomic mass is 10.2. The lowest BCUT2D eigenvalue weighted by Gasteiger charge is -2.10. The molecule has 0 atom stereocenters. The number of aliphatic imine (C=N–C) groups is 1. The molecule has 0 aliphatic heterocycles. The number of aromatic nitrogens is 1. The first kappa shape index (κ1) is 19.0. The minimum Gasteiger partial charge on any atom is -0.465 e. The molecule has 136 valence electrons. The van der Waals surface area contributed by atoms with Crippen molar-refractivity contribution >= 4 is 23.3 Å². The van der Waals surface area contributed by atoms with Crippen molar-refractivity contribution in [2.45, 2.75) is 33.7 Å². The minimum absolute atomic E-state index is 0.399. The summed E-state index contributed by atoms with van der Waals surface area (Å²) in [6.07, 6.45) is 0.840. The molecule has 2 rings (SSSR count). The predicted molar refractivity (Wildman–Crippen MR) is 98.3 cm³/mol. The molecule has 0 bridgehead atoms. The van der Waals surface area contributed by atoms with Gasteiger partial charge in [-0.05, 0) is 26.8 Å². The van der Waals surface area contributed by atoms with E-state index in [4.69, 9.17) is 9.15 Å². The Morgan fingerprint density at radius 2 is 2.12 bits per heavy atom. The third-order valence-corrected chi connectivity index (χ3v) is 4.86. The molecule has 0 unspecified atom stereocenters. The van der Waals surface area contributed by atoms with Crippen LogP contribution in [0.5, 0.6) is 0 Å². The van der Waals surface area contributed by atoms with Gasteiger partial charge in [-0.15, -0.1) is 11.3 Å². The van der Waals surface area contributed by atoms with Crippen molar-refractivity contribution in [3.8, 4) is 0 Å². The number of carbonyl (C=O) groups excluding carboxylic acids is 1. The van der Waals surface area contributed by atoms with Gasteiger partial charge in [0.25, 0.3) is 0 Å². The first-order valence-corrected chi connectivity index (χ1v) is 8.81. The van der Waals surface area contributed by atoms with Crippen LogP contribution in [-0.4, -0.2) is 37.6 Å². The van der Waals surface area contributed by atoms with Gasteiger partial charge in [-0.2, -0.15) is 0 Å². The van der Waals surface area contributed by atoms with Gasteiger partial charge in [0.15, 0.2) is 5.96 Å². The summed E-state index contributed by atoms with van der Waals surface area (Å²) in [7, 11) is 3.06. The first-order valence-electron chi connectivity index (χ1n) is 7.99. The number of hydrogen-bond donors (Lipinski definition) is 2. The van der Waals surface area contributed by atoms with E-state index in [2.05, 4.69) is 27.5 Å². The van der Waals surface area contributed by atoms with Crippen LogP contribution in [0.4, 0.5) is 0 Å². The zero-order valence-corrected chi connectivity index (χ0v) is 16.0. The maximum atomic E-state index is 11.6. The monoisotopic (exact) mass is 364 g/mol. The number of nitrogens with one attached hydrogen (secondary N) is 2. The van der Waals surface area contributed by atoms with Gasteiger partial charge in [-0.25, -0.2) is 9.78 Å². The van der Waals surface area contributed by atoms with Gasteiger partial charge in [0.1, 0.15) is 17.1 Å². The summed E-state index contributed by atoms with van der Waals surface area (Å²) < 4.78 is 10.3. The Morgan fingerprint density at radius 1 is 1.36 bits per heavy atom. The molecule has 0 saturated heterocycles. The number of thiazole rings is 1. The van der Waals surface area contributed by atoms with Gasteiger partial charge in [0, 0.05) is 24.9 Å². The van der Waals surface area contributed by atoms with Crippen molar-refractivity contribution in [3.63, 3.8) is 0 Å². The highest BCUT2D eigenvalue weighted by Crippen LogP contribution is 2.17. The molecule has 0 aliphatic carbocycles. The summed E-state index contributed by atoms with van der Waals surface area (Å²) in [4.78, 5) is 21.6. The molecule has 2 aromatic heterocycles. The zero-order valence-electron chi connectivity index (χ0n) is 15.2. The summed E-state index contributed by atoms with van der Waals surface area (Å²) in [5, 5.41) is 7.52. The molecule has 0 saturated carbocycles. The topological polar surface area (TPSA) is 88.8 Å². The number of guanidine groups is 1. The van der Waals surface area contributed by atoms with E-state index in [0.717, 1.165) is 23.7 Å². The van der Waals surface area contributed by atoms with Gasteiger partial charge in [0.2, 0.25) is 0 Å². The van der Waals surface area contributed by atoms with E-state index in [9.17, 15) is 4.79 Å². The molecule has 0 spiro atoms. The van der Waals surface area contributed by atoms with Crippen LogP contribution in [0.1, 0.15) is 37.5 Å². The average Bonchev–Trinajstić information content (AvgIpc) is 3.12. The van der Waals surface area contributed by atoms with Crippen molar-refractivity contribution in [3.05, 3.63) is 38.7 Å². The van der Waals surface area contributed by atoms with Crippen LogP contribution in [0.15, 0.2) is 15.5 Å². The molecule has 8 heteroatoms. The Morgan fingerprint density at radius 3 is 2.72 bits per heavy atom. The minimum atomic E-state index is -0.399. The third kappa shape index (κ3) is 5.06. The molecular weight excluding hydrogens is 340 g/mol. The number of methoxy groups -OCH3 is 1. The normalized spacial score (nSPS) is 11.5. The number of hydrogen-bond acceptors (Lipinski definition) is 6. The van der Waals surface area contributed by atoms with Gasteiger partial charge >= 0.3 is 5.97 Å². The molecule has 0 amide bonds. The molecule has 0 radical (unpaired) electrons. The molecular formula is C17H24N4O3S. The Balaban J connectivity index is 1.83. The average molecular weight is 364 g/mol. The van der Waals surface area contributed by atoms with Crippen LogP contribution in [0.25, 0.3) is 0 Å². The van der Waals surface area contributed by atoms with E-state index in [1.807, 2.05) is 6.92 Å². The maximum absolute atomic E-state index is 11.6. The third-order valence-electron chi connectivity index (χ3n) is 3.73. The van der Waals surface area contributed by atoms with Crippen LogP contribution in [0.2, 0.25) is 0 Å². The second-order valence-electron chi connectivity index (χ2n) is 5.53. The highest BCUT2D eigenvalue weighted by atomic mass is 32.1. The second-order valence-corrected chi connectivity index (χ2v) is 6.81. The highest BCUT2D eigenvalue weighted by molar-refractivity contribution is 7.11. The molecule has 7 nitrogen and oxygen atoms in total. The van der Waals surface area contributed by atoms with Crippen molar-refractivity contribution in [2.24, 2.45) is 4.99 Å². The number of rotatable bonds is 6. The molecule has 0 aromatic carbocycles. The number of aryl methyl sites for hydroxylation is 3. The molecule has 0 aliphatic rings. The van der Waals surface area contributed by atoms with Crippen LogP contribution < -0.4 is 10.6 Å². The van der Waals surface area contributed by atoms with E-state index >= 15 is 0 Å². The fourth-order valence-electron chi connectivity index (χ4n) is 2.27. The van der Waals surface area contributed by atoms with E-state index < -0.39 is 5.97 Å². The highest BCUT2D eigenvalue weighted by Gasteiger charge is 2.15. The van der Waals surface area contributed by atoms with Crippen molar-refractivity contribution in [2.75, 3.05) is 20.7 Å². The summed E-state index contributed by atoms with van der Waals surface area (Å²) in [6, 6.07) is 1.68. The van der Waals surface area contributed by atoms with Crippen LogP contribution in [0.3, 0.4) is 0 Å². The standard InChI is InChI=1S/C17H24N4O3S/c1-10-12(3)25-15(21-10)6-7-19-17(18-4)20-9-13-8-14(11(2)24-13)16(22)23-5/h8H,6-7,9H2,1-5H3,(H2,18,19,20). The zero-order chi connectivity index (χ0) is 18.4. The predicted octanol–water partition coefficient (Wildman–Crippen LogP) is 2.36. The Bertz CT molecular complexity index is 745. The Kier molecular flexibility index (Phi) is 6.58. The fraction of sp³-hybridized carbons (Fsp3) is 0.471. The quantitative estimate of drug-likeness (QED) is 0.465. The van der Waals surface area contributed by atoms with Gasteiger partial charge in [0.05, 0.1) is 24.4 Å². The number of nitrogens with zero attached hydrogens (tertiary/aromatic N) is 2. The maximum Gasteiger partial charge on any atom is 0.341 e. The van der Waals surface area contributed by atoms with Crippen LogP contribution >= 0.6 is 11.3 Å². The lowest BCUT2D eigenvalue weighted by Crippen LogP contribution is -2.37. The van der Waals surface area contributed by atoms with Crippen molar-refractivity contribution in [1.82, 2.24) is 15.6 Å². The Hall–Kier alpha value is -2.35. The fourth-order valence-corrected chi connectivity index (χ4v) is 3.20. The van der Waals surface area contributed by atoms with Crippen LogP contribution in [-0.2, 0) is 17.7 Å². The largest absolute Gasteiger partial charge is 0.465 e. The number of furan rings is 1. The smallest absolute Gasteiger partial charge is 0.341 e. The second kappa shape index (κ2) is 8.66. The molecule has 2 heterocycles. The molecule has 25 heavy (non-hydrogen) atoms. The van der Waals surface area contributed by atoms with Crippen molar-refractivity contribution in [1.29, 1.82) is 0 Å². The molecule has 2 N–H and O–H groups in total. The van der Waals surface area contributed by atoms with E-state index in [1.54, 1.807) is 31.4 Å². The van der Waals surface area contributed by atoms with Crippen molar-refractivity contribution < 1.29 is 13.9 Å². The summed E-state index contributed by atoms with van der Waals surface area (Å²) in [5.41, 5.74) is 1.54. The first-order chi connectivity index (χ1) is 11.9. The van der Waals surface area contributed by atoms with E-state index in [1.165, 1.54) is 12.0 Å². The van der Waals surface area contributed by atoms with E-state index in [0.29, 0.717) is 29.6 Å². The summed E-state index contributed by atoms with van der Waals surface area (Å²) in [6.45, 7) is 7.00.